The quantitative estimate of drug-likeness (QED) is 0.725. The average Bonchev–Trinajstić information content (AvgIpc) is 3.24. The van der Waals surface area contributed by atoms with Gasteiger partial charge in [0.15, 0.2) is 11.5 Å². The minimum atomic E-state index is 0.570. The second kappa shape index (κ2) is 6.32. The lowest BCUT2D eigenvalue weighted by Crippen LogP contribution is -2.30. The largest absolute Gasteiger partial charge is 0.352 e. The van der Waals surface area contributed by atoms with E-state index in [1.165, 1.54) is 35.9 Å². The molecule has 1 aliphatic rings. The van der Waals surface area contributed by atoms with Crippen LogP contribution in [0.4, 0.5) is 5.82 Å². The number of hydrogen-bond acceptors (Lipinski definition) is 5. The molecule has 3 heterocycles. The molecule has 6 heteroatoms. The molecule has 1 aromatic carbocycles. The number of anilines is 1. The average molecular weight is 308 g/mol. The molecule has 0 amide bonds. The van der Waals surface area contributed by atoms with Crippen LogP contribution in [0.1, 0.15) is 31.2 Å². The molecular formula is C17H20N6. The molecule has 1 unspecified atom stereocenters. The van der Waals surface area contributed by atoms with Crippen LogP contribution in [0.5, 0.6) is 0 Å². The Morgan fingerprint density at radius 3 is 2.91 bits per heavy atom. The fourth-order valence-corrected chi connectivity index (χ4v) is 3.42. The van der Waals surface area contributed by atoms with E-state index in [4.69, 9.17) is 0 Å². The highest BCUT2D eigenvalue weighted by Crippen LogP contribution is 2.27. The number of rotatable bonds is 5. The summed E-state index contributed by atoms with van der Waals surface area (Å²) < 4.78 is 1.51. The van der Waals surface area contributed by atoms with E-state index in [1.54, 1.807) is 0 Å². The Hall–Kier alpha value is -2.50. The van der Waals surface area contributed by atoms with Crippen LogP contribution in [-0.2, 0) is 6.42 Å². The molecule has 1 aliphatic heterocycles. The van der Waals surface area contributed by atoms with Gasteiger partial charge < -0.3 is 4.90 Å². The minimum absolute atomic E-state index is 0.570. The van der Waals surface area contributed by atoms with Gasteiger partial charge in [0.05, 0.1) is 0 Å². The van der Waals surface area contributed by atoms with Crippen molar-refractivity contribution in [2.24, 2.45) is 0 Å². The molecule has 6 nitrogen and oxygen atoms in total. The zero-order valence-corrected chi connectivity index (χ0v) is 13.0. The van der Waals surface area contributed by atoms with Gasteiger partial charge in [-0.1, -0.05) is 30.3 Å². The van der Waals surface area contributed by atoms with Crippen molar-refractivity contribution >= 4 is 11.5 Å². The molecule has 0 bridgehead atoms. The fraction of sp³-hybridized carbons (Fsp3) is 0.412. The predicted molar refractivity (Wildman–Crippen MR) is 88.3 cm³/mol. The number of fused-ring (bicyclic) bond motifs is 1. The highest BCUT2D eigenvalue weighted by Gasteiger charge is 2.25. The Bertz CT molecular complexity index is 769. The van der Waals surface area contributed by atoms with E-state index in [0.29, 0.717) is 11.7 Å². The van der Waals surface area contributed by atoms with Gasteiger partial charge in [0, 0.05) is 12.6 Å². The van der Waals surface area contributed by atoms with Gasteiger partial charge in [-0.3, -0.25) is 0 Å². The molecule has 23 heavy (non-hydrogen) atoms. The predicted octanol–water partition coefficient (Wildman–Crippen LogP) is 2.51. The fourth-order valence-electron chi connectivity index (χ4n) is 3.42. The molecular weight excluding hydrogens is 288 g/mol. The summed E-state index contributed by atoms with van der Waals surface area (Å²) in [6, 6.07) is 15.2. The van der Waals surface area contributed by atoms with Crippen molar-refractivity contribution in [2.75, 3.05) is 11.4 Å². The topological polar surface area (TPSA) is 59.2 Å². The first kappa shape index (κ1) is 14.1. The van der Waals surface area contributed by atoms with Gasteiger partial charge in [-0.05, 0) is 60.2 Å². The summed E-state index contributed by atoms with van der Waals surface area (Å²) in [6.07, 6.45) is 6.02. The van der Waals surface area contributed by atoms with Crippen LogP contribution in [0.2, 0.25) is 0 Å². The monoisotopic (exact) mass is 308 g/mol. The third kappa shape index (κ3) is 3.02. The van der Waals surface area contributed by atoms with Crippen LogP contribution in [0.3, 0.4) is 0 Å². The van der Waals surface area contributed by atoms with Gasteiger partial charge in [-0.2, -0.15) is 0 Å². The number of tetrazole rings is 1. The lowest BCUT2D eigenvalue weighted by atomic mass is 10.0. The van der Waals surface area contributed by atoms with E-state index >= 15 is 0 Å². The third-order valence-electron chi connectivity index (χ3n) is 4.57. The number of aryl methyl sites for hydroxylation is 1. The molecule has 0 N–H and O–H groups in total. The van der Waals surface area contributed by atoms with Crippen LogP contribution >= 0.6 is 0 Å². The highest BCUT2D eigenvalue weighted by molar-refractivity contribution is 5.45. The molecule has 1 saturated heterocycles. The van der Waals surface area contributed by atoms with Crippen molar-refractivity contribution in [3.05, 3.63) is 48.0 Å². The summed E-state index contributed by atoms with van der Waals surface area (Å²) in [7, 11) is 0. The smallest absolute Gasteiger partial charge is 0.200 e. The van der Waals surface area contributed by atoms with Crippen LogP contribution in [0.25, 0.3) is 5.65 Å². The molecule has 1 fully saturated rings. The summed E-state index contributed by atoms with van der Waals surface area (Å²) >= 11 is 0. The van der Waals surface area contributed by atoms with Gasteiger partial charge in [0.25, 0.3) is 0 Å². The van der Waals surface area contributed by atoms with Gasteiger partial charge >= 0.3 is 0 Å². The second-order valence-electron chi connectivity index (χ2n) is 6.09. The number of aromatic nitrogens is 5. The Morgan fingerprint density at radius 1 is 1.09 bits per heavy atom. The van der Waals surface area contributed by atoms with E-state index in [-0.39, 0.29) is 0 Å². The Kier molecular flexibility index (Phi) is 3.88. The lowest BCUT2D eigenvalue weighted by Gasteiger charge is -2.25. The summed E-state index contributed by atoms with van der Waals surface area (Å²) in [5, 5.41) is 16.0. The molecule has 4 rings (SSSR count). The van der Waals surface area contributed by atoms with E-state index in [1.807, 2.05) is 12.1 Å². The maximum atomic E-state index is 4.54. The van der Waals surface area contributed by atoms with Crippen molar-refractivity contribution in [1.82, 2.24) is 25.3 Å². The molecule has 118 valence electrons. The van der Waals surface area contributed by atoms with Crippen LogP contribution in [0, 0.1) is 0 Å². The molecule has 0 radical (unpaired) electrons. The van der Waals surface area contributed by atoms with Crippen molar-refractivity contribution < 1.29 is 0 Å². The van der Waals surface area contributed by atoms with Gasteiger partial charge in [-0.25, -0.2) is 0 Å². The Morgan fingerprint density at radius 2 is 2.00 bits per heavy atom. The SMILES string of the molecule is c1ccc(CCCC2CCCN2c2ccc3nnnn3n2)cc1. The van der Waals surface area contributed by atoms with Gasteiger partial charge in [0.2, 0.25) is 0 Å². The number of nitrogens with zero attached hydrogens (tertiary/aromatic N) is 6. The molecule has 0 saturated carbocycles. The van der Waals surface area contributed by atoms with Gasteiger partial charge in [-0.15, -0.1) is 14.8 Å². The first-order valence-electron chi connectivity index (χ1n) is 8.26. The van der Waals surface area contributed by atoms with Gasteiger partial charge in [0.1, 0.15) is 0 Å². The zero-order chi connectivity index (χ0) is 15.5. The third-order valence-corrected chi connectivity index (χ3v) is 4.57. The number of benzene rings is 1. The Labute approximate surface area is 135 Å². The molecule has 2 aromatic heterocycles. The molecule has 0 aliphatic carbocycles. The highest BCUT2D eigenvalue weighted by atomic mass is 15.6. The zero-order valence-electron chi connectivity index (χ0n) is 13.0. The molecule has 3 aromatic rings. The van der Waals surface area contributed by atoms with E-state index in [2.05, 4.69) is 55.9 Å². The standard InChI is InChI=1S/C17H20N6/c1-2-6-14(7-3-1)8-4-9-15-10-5-13-22(15)17-12-11-16-18-20-21-23(16)19-17/h1-3,6-7,11-12,15H,4-5,8-10,13H2. The lowest BCUT2D eigenvalue weighted by molar-refractivity contribution is 0.572. The molecule has 1 atom stereocenters. The minimum Gasteiger partial charge on any atom is -0.352 e. The van der Waals surface area contributed by atoms with Crippen molar-refractivity contribution in [1.29, 1.82) is 0 Å². The first-order chi connectivity index (χ1) is 11.4. The summed E-state index contributed by atoms with van der Waals surface area (Å²) in [4.78, 5) is 2.41. The summed E-state index contributed by atoms with van der Waals surface area (Å²) in [6.45, 7) is 1.07. The summed E-state index contributed by atoms with van der Waals surface area (Å²) in [5.74, 6) is 0.979. The van der Waals surface area contributed by atoms with E-state index in [0.717, 1.165) is 18.8 Å². The van der Waals surface area contributed by atoms with E-state index < -0.39 is 0 Å². The van der Waals surface area contributed by atoms with Crippen LogP contribution in [-0.4, -0.2) is 37.8 Å². The first-order valence-corrected chi connectivity index (χ1v) is 8.26. The normalized spacial score (nSPS) is 17.9. The maximum absolute atomic E-state index is 4.54. The van der Waals surface area contributed by atoms with Crippen molar-refractivity contribution in [3.8, 4) is 0 Å². The second-order valence-corrected chi connectivity index (χ2v) is 6.09. The summed E-state index contributed by atoms with van der Waals surface area (Å²) in [5.41, 5.74) is 2.11. The van der Waals surface area contributed by atoms with E-state index in [9.17, 15) is 0 Å². The molecule has 0 spiro atoms. The maximum Gasteiger partial charge on any atom is 0.200 e. The van der Waals surface area contributed by atoms with Crippen LogP contribution in [0.15, 0.2) is 42.5 Å². The Balaban J connectivity index is 1.41. The van der Waals surface area contributed by atoms with Crippen LogP contribution < -0.4 is 4.90 Å². The van der Waals surface area contributed by atoms with Crippen molar-refractivity contribution in [3.63, 3.8) is 0 Å². The number of hydrogen-bond donors (Lipinski definition) is 0. The van der Waals surface area contributed by atoms with Crippen molar-refractivity contribution in [2.45, 2.75) is 38.1 Å².